The van der Waals surface area contributed by atoms with Gasteiger partial charge in [-0.25, -0.2) is 0 Å². The van der Waals surface area contributed by atoms with Crippen molar-refractivity contribution in [2.24, 2.45) is 5.92 Å². The molecular formula is C13H27ClN2O3S. The average Bonchev–Trinajstić information content (AvgIpc) is 2.47. The van der Waals surface area contributed by atoms with E-state index in [-0.39, 0.29) is 12.0 Å². The van der Waals surface area contributed by atoms with Crippen LogP contribution in [0.3, 0.4) is 0 Å². The van der Waals surface area contributed by atoms with E-state index in [0.29, 0.717) is 32.1 Å². The predicted molar refractivity (Wildman–Crippen MR) is 82.3 cm³/mol. The third-order valence-electron chi connectivity index (χ3n) is 3.92. The van der Waals surface area contributed by atoms with Crippen LogP contribution < -0.4 is 0 Å². The molecule has 0 aromatic rings. The van der Waals surface area contributed by atoms with E-state index in [1.807, 2.05) is 13.8 Å². The molecule has 0 saturated carbocycles. The molecule has 1 fully saturated rings. The van der Waals surface area contributed by atoms with Crippen molar-refractivity contribution >= 4 is 21.8 Å². The topological polar surface area (TPSA) is 49.9 Å². The number of methoxy groups -OCH3 is 1. The van der Waals surface area contributed by atoms with Gasteiger partial charge in [0.05, 0.1) is 6.61 Å². The van der Waals surface area contributed by atoms with Crippen molar-refractivity contribution in [3.63, 3.8) is 0 Å². The second kappa shape index (κ2) is 8.54. The Kier molecular flexibility index (Phi) is 7.75. The summed E-state index contributed by atoms with van der Waals surface area (Å²) in [4.78, 5) is 0. The highest BCUT2D eigenvalue weighted by Gasteiger charge is 2.35. The number of nitrogens with zero attached hydrogens (tertiary/aromatic N) is 2. The molecule has 20 heavy (non-hydrogen) atoms. The minimum atomic E-state index is -3.42. The van der Waals surface area contributed by atoms with Crippen LogP contribution in [0.25, 0.3) is 0 Å². The fourth-order valence-electron chi connectivity index (χ4n) is 2.46. The van der Waals surface area contributed by atoms with E-state index < -0.39 is 10.2 Å². The largest absolute Gasteiger partial charge is 0.383 e. The van der Waals surface area contributed by atoms with Crippen LogP contribution in [0, 0.1) is 5.92 Å². The quantitative estimate of drug-likeness (QED) is 0.640. The summed E-state index contributed by atoms with van der Waals surface area (Å²) in [7, 11) is -1.83. The number of hydrogen-bond acceptors (Lipinski definition) is 3. The Morgan fingerprint density at radius 2 is 2.20 bits per heavy atom. The standard InChI is InChI=1S/C13H27ClN2O3S/c1-4-12(2)16(8-9-19-3)20(17,18)15-7-5-6-13(10-14)11-15/h12-13H,4-11H2,1-3H3. The molecule has 2 atom stereocenters. The van der Waals surface area contributed by atoms with Crippen LogP contribution >= 0.6 is 11.6 Å². The molecular weight excluding hydrogens is 300 g/mol. The molecule has 2 unspecified atom stereocenters. The maximum absolute atomic E-state index is 12.8. The molecule has 1 rings (SSSR count). The van der Waals surface area contributed by atoms with Gasteiger partial charge in [-0.3, -0.25) is 0 Å². The Morgan fingerprint density at radius 1 is 1.50 bits per heavy atom. The third-order valence-corrected chi connectivity index (χ3v) is 6.48. The van der Waals surface area contributed by atoms with Gasteiger partial charge in [0, 0.05) is 38.7 Å². The molecule has 0 aromatic heterocycles. The van der Waals surface area contributed by atoms with Crippen LogP contribution in [0.1, 0.15) is 33.1 Å². The lowest BCUT2D eigenvalue weighted by Gasteiger charge is -2.37. The molecule has 0 N–H and O–H groups in total. The number of hydrogen-bond donors (Lipinski definition) is 0. The monoisotopic (exact) mass is 326 g/mol. The van der Waals surface area contributed by atoms with Crippen molar-refractivity contribution in [1.82, 2.24) is 8.61 Å². The third kappa shape index (κ3) is 4.56. The van der Waals surface area contributed by atoms with Gasteiger partial charge in [-0.2, -0.15) is 17.0 Å². The number of halogens is 1. The van der Waals surface area contributed by atoms with Gasteiger partial charge in [-0.1, -0.05) is 6.92 Å². The molecule has 120 valence electrons. The molecule has 1 heterocycles. The fraction of sp³-hybridized carbons (Fsp3) is 1.00. The minimum Gasteiger partial charge on any atom is -0.383 e. The van der Waals surface area contributed by atoms with E-state index in [0.717, 1.165) is 19.3 Å². The Morgan fingerprint density at radius 3 is 2.75 bits per heavy atom. The van der Waals surface area contributed by atoms with Crippen LogP contribution in [0.2, 0.25) is 0 Å². The molecule has 0 radical (unpaired) electrons. The van der Waals surface area contributed by atoms with Crippen molar-refractivity contribution in [3.05, 3.63) is 0 Å². The summed E-state index contributed by atoms with van der Waals surface area (Å²) < 4.78 is 33.8. The van der Waals surface area contributed by atoms with Gasteiger partial charge < -0.3 is 4.74 Å². The maximum atomic E-state index is 12.8. The van der Waals surface area contributed by atoms with Crippen LogP contribution in [0.4, 0.5) is 0 Å². The van der Waals surface area contributed by atoms with Crippen LogP contribution in [0.15, 0.2) is 0 Å². The Labute approximate surface area is 128 Å². The Bertz CT molecular complexity index is 378. The highest BCUT2D eigenvalue weighted by molar-refractivity contribution is 7.86. The van der Waals surface area contributed by atoms with Gasteiger partial charge in [0.25, 0.3) is 10.2 Å². The van der Waals surface area contributed by atoms with Gasteiger partial charge in [-0.15, -0.1) is 11.6 Å². The zero-order chi connectivity index (χ0) is 15.2. The summed E-state index contributed by atoms with van der Waals surface area (Å²) in [6.07, 6.45) is 2.68. The first-order chi connectivity index (χ1) is 9.47. The predicted octanol–water partition coefficient (Wildman–Crippen LogP) is 1.93. The average molecular weight is 327 g/mol. The van der Waals surface area contributed by atoms with Crippen molar-refractivity contribution in [2.45, 2.75) is 39.2 Å². The lowest BCUT2D eigenvalue weighted by molar-refractivity contribution is 0.160. The van der Waals surface area contributed by atoms with Crippen molar-refractivity contribution in [3.8, 4) is 0 Å². The van der Waals surface area contributed by atoms with Gasteiger partial charge in [-0.05, 0) is 32.1 Å². The number of rotatable bonds is 8. The van der Waals surface area contributed by atoms with E-state index in [1.54, 1.807) is 15.7 Å². The molecule has 0 spiro atoms. The summed E-state index contributed by atoms with van der Waals surface area (Å²) in [5.74, 6) is 0.786. The summed E-state index contributed by atoms with van der Waals surface area (Å²) in [6.45, 7) is 5.88. The zero-order valence-corrected chi connectivity index (χ0v) is 14.3. The van der Waals surface area contributed by atoms with Crippen LogP contribution in [-0.4, -0.2) is 62.3 Å². The highest BCUT2D eigenvalue weighted by atomic mass is 35.5. The van der Waals surface area contributed by atoms with Crippen LogP contribution in [0.5, 0.6) is 0 Å². The lowest BCUT2D eigenvalue weighted by Crippen LogP contribution is -2.51. The highest BCUT2D eigenvalue weighted by Crippen LogP contribution is 2.23. The first-order valence-electron chi connectivity index (χ1n) is 7.29. The molecule has 0 bridgehead atoms. The Balaban J connectivity index is 2.85. The van der Waals surface area contributed by atoms with Crippen molar-refractivity contribution in [1.29, 1.82) is 0 Å². The minimum absolute atomic E-state index is 0.0217. The van der Waals surface area contributed by atoms with Gasteiger partial charge in [0.1, 0.15) is 0 Å². The molecule has 5 nitrogen and oxygen atoms in total. The van der Waals surface area contributed by atoms with E-state index in [1.165, 1.54) is 0 Å². The van der Waals surface area contributed by atoms with Crippen molar-refractivity contribution < 1.29 is 13.2 Å². The van der Waals surface area contributed by atoms with Crippen molar-refractivity contribution in [2.75, 3.05) is 39.2 Å². The van der Waals surface area contributed by atoms with Gasteiger partial charge in [0.2, 0.25) is 0 Å². The Hall–Kier alpha value is 0.120. The fourth-order valence-corrected chi connectivity index (χ4v) is 4.68. The molecule has 1 saturated heterocycles. The van der Waals surface area contributed by atoms with E-state index in [2.05, 4.69) is 0 Å². The summed E-state index contributed by atoms with van der Waals surface area (Å²) in [5.41, 5.74) is 0. The molecule has 1 aliphatic rings. The van der Waals surface area contributed by atoms with Crippen LogP contribution in [-0.2, 0) is 14.9 Å². The number of piperidine rings is 1. The molecule has 1 aliphatic heterocycles. The lowest BCUT2D eigenvalue weighted by atomic mass is 10.0. The van der Waals surface area contributed by atoms with E-state index >= 15 is 0 Å². The normalized spacial score (nSPS) is 23.1. The second-order valence-electron chi connectivity index (χ2n) is 5.39. The number of ether oxygens (including phenoxy) is 1. The molecule has 0 aromatic carbocycles. The van der Waals surface area contributed by atoms with E-state index in [9.17, 15) is 8.42 Å². The summed E-state index contributed by atoms with van der Waals surface area (Å²) >= 11 is 5.89. The SMILES string of the molecule is CCC(C)N(CCOC)S(=O)(=O)N1CCCC(CCl)C1. The first kappa shape index (κ1) is 18.2. The van der Waals surface area contributed by atoms with E-state index in [4.69, 9.17) is 16.3 Å². The molecule has 0 aliphatic carbocycles. The smallest absolute Gasteiger partial charge is 0.282 e. The number of alkyl halides is 1. The zero-order valence-electron chi connectivity index (χ0n) is 12.7. The second-order valence-corrected chi connectivity index (χ2v) is 7.58. The van der Waals surface area contributed by atoms with Gasteiger partial charge >= 0.3 is 0 Å². The van der Waals surface area contributed by atoms with Gasteiger partial charge in [0.15, 0.2) is 0 Å². The maximum Gasteiger partial charge on any atom is 0.282 e. The summed E-state index contributed by atoms with van der Waals surface area (Å²) in [5, 5.41) is 0. The molecule has 7 heteroatoms. The molecule has 0 amide bonds. The first-order valence-corrected chi connectivity index (χ1v) is 9.22. The summed E-state index contributed by atoms with van der Waals surface area (Å²) in [6, 6.07) is -0.0217.